The number of hydrogen-bond acceptors (Lipinski definition) is 5. The fraction of sp³-hybridized carbons (Fsp3) is 0.667. The number of ether oxygens (including phenoxy) is 2. The van der Waals surface area contributed by atoms with Gasteiger partial charge in [0, 0.05) is 33.0 Å². The Morgan fingerprint density at radius 3 is 1.75 bits per heavy atom. The van der Waals surface area contributed by atoms with Gasteiger partial charge in [0.1, 0.15) is 0 Å². The van der Waals surface area contributed by atoms with Crippen molar-refractivity contribution in [2.45, 2.75) is 38.9 Å². The zero-order valence-corrected chi connectivity index (χ0v) is 15.8. The highest BCUT2D eigenvalue weighted by atomic mass is 16.7. The van der Waals surface area contributed by atoms with Crippen molar-refractivity contribution in [3.05, 3.63) is 24.3 Å². The van der Waals surface area contributed by atoms with Crippen LogP contribution >= 0.6 is 0 Å². The summed E-state index contributed by atoms with van der Waals surface area (Å²) < 4.78 is 22.6. The van der Waals surface area contributed by atoms with E-state index in [0.29, 0.717) is 13.2 Å². The Kier molecular flexibility index (Phi) is 6.31. The van der Waals surface area contributed by atoms with Gasteiger partial charge in [0.25, 0.3) is 0 Å². The Labute approximate surface area is 146 Å². The van der Waals surface area contributed by atoms with Crippen LogP contribution in [0.1, 0.15) is 27.7 Å². The number of hydrogen-bond donors (Lipinski definition) is 0. The third kappa shape index (κ3) is 4.31. The van der Waals surface area contributed by atoms with Crippen LogP contribution in [0.15, 0.2) is 24.3 Å². The van der Waals surface area contributed by atoms with Crippen molar-refractivity contribution in [3.8, 4) is 0 Å². The molecule has 0 radical (unpaired) electrons. The van der Waals surface area contributed by atoms with E-state index in [-0.39, 0.29) is 18.3 Å². The van der Waals surface area contributed by atoms with Gasteiger partial charge >= 0.3 is 7.12 Å². The highest BCUT2D eigenvalue weighted by molar-refractivity contribution is 6.62. The van der Waals surface area contributed by atoms with Gasteiger partial charge in [0.05, 0.1) is 24.4 Å². The Bertz CT molecular complexity index is 494. The van der Waals surface area contributed by atoms with Crippen LogP contribution < -0.4 is 10.4 Å². The Morgan fingerprint density at radius 2 is 1.33 bits per heavy atom. The van der Waals surface area contributed by atoms with Gasteiger partial charge in [-0.1, -0.05) is 12.1 Å². The molecule has 1 saturated heterocycles. The van der Waals surface area contributed by atoms with E-state index in [1.54, 1.807) is 14.2 Å². The molecule has 0 aliphatic carbocycles. The van der Waals surface area contributed by atoms with E-state index in [9.17, 15) is 0 Å². The molecule has 0 aromatic heterocycles. The van der Waals surface area contributed by atoms with Crippen molar-refractivity contribution in [2.24, 2.45) is 0 Å². The summed E-state index contributed by atoms with van der Waals surface area (Å²) in [5, 5.41) is 0. The number of rotatable bonds is 8. The molecule has 0 saturated carbocycles. The summed E-state index contributed by atoms with van der Waals surface area (Å²) in [4.78, 5) is 2.25. The molecule has 1 aromatic rings. The monoisotopic (exact) mass is 335 g/mol. The second-order valence-corrected chi connectivity index (χ2v) is 7.15. The first-order valence-corrected chi connectivity index (χ1v) is 8.49. The number of methoxy groups -OCH3 is 2. The predicted octanol–water partition coefficient (Wildman–Crippen LogP) is 2.08. The lowest BCUT2D eigenvalue weighted by atomic mass is 9.79. The maximum Gasteiger partial charge on any atom is 0.494 e. The molecule has 1 aliphatic heterocycles. The van der Waals surface area contributed by atoms with E-state index >= 15 is 0 Å². The molecule has 0 N–H and O–H groups in total. The van der Waals surface area contributed by atoms with Crippen molar-refractivity contribution < 1.29 is 18.8 Å². The first-order chi connectivity index (χ1) is 11.3. The lowest BCUT2D eigenvalue weighted by Crippen LogP contribution is -2.41. The van der Waals surface area contributed by atoms with Gasteiger partial charge in [-0.2, -0.15) is 0 Å². The summed E-state index contributed by atoms with van der Waals surface area (Å²) >= 11 is 0. The maximum absolute atomic E-state index is 6.10. The Hall–Kier alpha value is -1.08. The molecule has 1 fully saturated rings. The smallest absolute Gasteiger partial charge is 0.399 e. The SMILES string of the molecule is COCCN(CCOC)c1ccc(B2OC(C)(C)C(C)(C)O2)cc1. The average molecular weight is 335 g/mol. The second kappa shape index (κ2) is 7.87. The third-order valence-electron chi connectivity index (χ3n) is 4.91. The topological polar surface area (TPSA) is 40.2 Å². The fourth-order valence-corrected chi connectivity index (χ4v) is 2.59. The molecular formula is C18H30BNO4. The zero-order valence-electron chi connectivity index (χ0n) is 15.8. The molecule has 134 valence electrons. The zero-order chi connectivity index (χ0) is 17.8. The van der Waals surface area contributed by atoms with Crippen LogP contribution in [0.3, 0.4) is 0 Å². The van der Waals surface area contributed by atoms with Gasteiger partial charge in [0.2, 0.25) is 0 Å². The summed E-state index contributed by atoms with van der Waals surface area (Å²) in [6.07, 6.45) is 0. The maximum atomic E-state index is 6.10. The molecule has 6 heteroatoms. The molecule has 1 aromatic carbocycles. The predicted molar refractivity (Wildman–Crippen MR) is 98.1 cm³/mol. The van der Waals surface area contributed by atoms with E-state index < -0.39 is 0 Å². The molecule has 24 heavy (non-hydrogen) atoms. The summed E-state index contributed by atoms with van der Waals surface area (Å²) in [5.41, 5.74) is 1.54. The van der Waals surface area contributed by atoms with Gasteiger partial charge in [-0.15, -0.1) is 0 Å². The van der Waals surface area contributed by atoms with Crippen LogP contribution in [0.25, 0.3) is 0 Å². The second-order valence-electron chi connectivity index (χ2n) is 7.15. The molecule has 0 unspecified atom stereocenters. The van der Waals surface area contributed by atoms with Crippen LogP contribution in [0.4, 0.5) is 5.69 Å². The van der Waals surface area contributed by atoms with Crippen molar-refractivity contribution in [3.63, 3.8) is 0 Å². The van der Waals surface area contributed by atoms with E-state index in [4.69, 9.17) is 18.8 Å². The van der Waals surface area contributed by atoms with Crippen LogP contribution in [0.5, 0.6) is 0 Å². The largest absolute Gasteiger partial charge is 0.494 e. The highest BCUT2D eigenvalue weighted by Gasteiger charge is 2.51. The van der Waals surface area contributed by atoms with Gasteiger partial charge in [-0.05, 0) is 45.3 Å². The van der Waals surface area contributed by atoms with Gasteiger partial charge in [0.15, 0.2) is 0 Å². The lowest BCUT2D eigenvalue weighted by Gasteiger charge is -2.32. The minimum Gasteiger partial charge on any atom is -0.399 e. The number of anilines is 1. The minimum atomic E-state index is -0.324. The summed E-state index contributed by atoms with van der Waals surface area (Å²) in [7, 11) is 3.11. The lowest BCUT2D eigenvalue weighted by molar-refractivity contribution is 0.00578. The van der Waals surface area contributed by atoms with Crippen LogP contribution in [-0.4, -0.2) is 58.8 Å². The minimum absolute atomic E-state index is 0.320. The van der Waals surface area contributed by atoms with Gasteiger partial charge < -0.3 is 23.7 Å². The van der Waals surface area contributed by atoms with Crippen LogP contribution in [-0.2, 0) is 18.8 Å². The molecule has 5 nitrogen and oxygen atoms in total. The van der Waals surface area contributed by atoms with Crippen molar-refractivity contribution in [2.75, 3.05) is 45.4 Å². The summed E-state index contributed by atoms with van der Waals surface area (Å²) in [6, 6.07) is 8.35. The fourth-order valence-electron chi connectivity index (χ4n) is 2.59. The summed E-state index contributed by atoms with van der Waals surface area (Å²) in [5.74, 6) is 0. The Balaban J connectivity index is 2.09. The molecule has 0 spiro atoms. The van der Waals surface area contributed by atoms with Crippen molar-refractivity contribution >= 4 is 18.3 Å². The molecule has 0 bridgehead atoms. The van der Waals surface area contributed by atoms with E-state index in [1.165, 1.54) is 0 Å². The third-order valence-corrected chi connectivity index (χ3v) is 4.91. The molecule has 2 rings (SSSR count). The molecule has 1 aliphatic rings. The average Bonchev–Trinajstić information content (AvgIpc) is 2.76. The van der Waals surface area contributed by atoms with Gasteiger partial charge in [-0.25, -0.2) is 0 Å². The van der Waals surface area contributed by atoms with Crippen molar-refractivity contribution in [1.82, 2.24) is 0 Å². The number of benzene rings is 1. The van der Waals surface area contributed by atoms with E-state index in [2.05, 4.69) is 56.9 Å². The first-order valence-electron chi connectivity index (χ1n) is 8.49. The van der Waals surface area contributed by atoms with Crippen molar-refractivity contribution in [1.29, 1.82) is 0 Å². The molecule has 0 amide bonds. The molecular weight excluding hydrogens is 305 g/mol. The number of nitrogens with zero attached hydrogens (tertiary/aromatic N) is 1. The first kappa shape index (κ1) is 19.3. The van der Waals surface area contributed by atoms with E-state index in [0.717, 1.165) is 24.2 Å². The standard InChI is InChI=1S/C18H30BNO4/c1-17(2)18(3,4)24-19(23-17)15-7-9-16(10-8-15)20(11-13-21-5)12-14-22-6/h7-10H,11-14H2,1-6H3. The van der Waals surface area contributed by atoms with Crippen LogP contribution in [0.2, 0.25) is 0 Å². The Morgan fingerprint density at radius 1 is 0.875 bits per heavy atom. The summed E-state index contributed by atoms with van der Waals surface area (Å²) in [6.45, 7) is 11.3. The highest BCUT2D eigenvalue weighted by Crippen LogP contribution is 2.36. The normalized spacial score (nSPS) is 18.8. The van der Waals surface area contributed by atoms with E-state index in [1.807, 2.05) is 0 Å². The van der Waals surface area contributed by atoms with Gasteiger partial charge in [-0.3, -0.25) is 0 Å². The molecule has 1 heterocycles. The molecule has 0 atom stereocenters. The quantitative estimate of drug-likeness (QED) is 0.681. The van der Waals surface area contributed by atoms with Crippen LogP contribution in [0, 0.1) is 0 Å².